The molecule has 0 aliphatic rings. The second-order valence-corrected chi connectivity index (χ2v) is 5.32. The number of hydrazine groups is 1. The molecule has 1 unspecified atom stereocenters. The second-order valence-electron chi connectivity index (χ2n) is 4.40. The molecule has 0 saturated carbocycles. The molecule has 0 aliphatic carbocycles. The van der Waals surface area contributed by atoms with Gasteiger partial charge in [0.15, 0.2) is 0 Å². The molecular formula is C14H15BrFN3. The third kappa shape index (κ3) is 4.38. The molecule has 1 aromatic carbocycles. The van der Waals surface area contributed by atoms with Gasteiger partial charge in [0.05, 0.1) is 0 Å². The van der Waals surface area contributed by atoms with Crippen molar-refractivity contribution < 1.29 is 4.39 Å². The van der Waals surface area contributed by atoms with Gasteiger partial charge in [-0.05, 0) is 54.3 Å². The molecule has 1 heterocycles. The highest BCUT2D eigenvalue weighted by atomic mass is 79.9. The number of aromatic nitrogens is 1. The van der Waals surface area contributed by atoms with Crippen LogP contribution in [0.3, 0.4) is 0 Å². The van der Waals surface area contributed by atoms with Crippen molar-refractivity contribution in [2.24, 2.45) is 5.84 Å². The van der Waals surface area contributed by atoms with Gasteiger partial charge in [0, 0.05) is 22.9 Å². The fraction of sp³-hybridized carbons (Fsp3) is 0.214. The zero-order chi connectivity index (χ0) is 13.7. The molecule has 0 radical (unpaired) electrons. The summed E-state index contributed by atoms with van der Waals surface area (Å²) < 4.78 is 14.1. The molecule has 0 aliphatic heterocycles. The van der Waals surface area contributed by atoms with Gasteiger partial charge in [-0.2, -0.15) is 0 Å². The van der Waals surface area contributed by atoms with Gasteiger partial charge in [0.2, 0.25) is 0 Å². The predicted molar refractivity (Wildman–Crippen MR) is 76.9 cm³/mol. The standard InChI is InChI=1S/C14H15BrFN3/c15-12-5-11(6-13(16)9-12)8-14(19-17)7-10-1-3-18-4-2-10/h1-6,9,14,19H,7-8,17H2. The van der Waals surface area contributed by atoms with Crippen molar-refractivity contribution in [2.75, 3.05) is 0 Å². The van der Waals surface area contributed by atoms with Crippen LogP contribution in [0.2, 0.25) is 0 Å². The molecule has 19 heavy (non-hydrogen) atoms. The molecule has 0 spiro atoms. The Morgan fingerprint density at radius 3 is 2.47 bits per heavy atom. The van der Waals surface area contributed by atoms with Gasteiger partial charge in [0.1, 0.15) is 5.82 Å². The molecule has 3 nitrogen and oxygen atoms in total. The fourth-order valence-electron chi connectivity index (χ4n) is 2.01. The van der Waals surface area contributed by atoms with E-state index in [4.69, 9.17) is 5.84 Å². The van der Waals surface area contributed by atoms with Gasteiger partial charge in [-0.15, -0.1) is 0 Å². The molecule has 2 aromatic rings. The first kappa shape index (κ1) is 14.1. The summed E-state index contributed by atoms with van der Waals surface area (Å²) in [6.07, 6.45) is 4.94. The molecule has 0 fully saturated rings. The number of benzene rings is 1. The molecule has 0 bridgehead atoms. The van der Waals surface area contributed by atoms with Crippen molar-refractivity contribution in [3.63, 3.8) is 0 Å². The van der Waals surface area contributed by atoms with Crippen molar-refractivity contribution in [1.82, 2.24) is 10.4 Å². The van der Waals surface area contributed by atoms with Gasteiger partial charge < -0.3 is 0 Å². The lowest BCUT2D eigenvalue weighted by atomic mass is 10.00. The Balaban J connectivity index is 2.06. The van der Waals surface area contributed by atoms with Crippen LogP contribution in [0.25, 0.3) is 0 Å². The maximum atomic E-state index is 13.3. The minimum atomic E-state index is -0.246. The number of hydrogen-bond acceptors (Lipinski definition) is 3. The third-order valence-electron chi connectivity index (χ3n) is 2.87. The summed E-state index contributed by atoms with van der Waals surface area (Å²) >= 11 is 3.29. The van der Waals surface area contributed by atoms with Crippen LogP contribution in [-0.4, -0.2) is 11.0 Å². The number of nitrogens with one attached hydrogen (secondary N) is 1. The molecule has 0 amide bonds. The Bertz CT molecular complexity index is 513. The monoisotopic (exact) mass is 323 g/mol. The van der Waals surface area contributed by atoms with Crippen molar-refractivity contribution in [1.29, 1.82) is 0 Å². The lowest BCUT2D eigenvalue weighted by Crippen LogP contribution is -2.38. The number of pyridine rings is 1. The van der Waals surface area contributed by atoms with E-state index >= 15 is 0 Å². The number of nitrogens with zero attached hydrogens (tertiary/aromatic N) is 1. The van der Waals surface area contributed by atoms with E-state index in [1.165, 1.54) is 12.1 Å². The maximum absolute atomic E-state index is 13.3. The van der Waals surface area contributed by atoms with Crippen LogP contribution in [0, 0.1) is 5.82 Å². The summed E-state index contributed by atoms with van der Waals surface area (Å²) in [5.41, 5.74) is 4.83. The highest BCUT2D eigenvalue weighted by Crippen LogP contribution is 2.17. The largest absolute Gasteiger partial charge is 0.271 e. The van der Waals surface area contributed by atoms with Crippen molar-refractivity contribution in [2.45, 2.75) is 18.9 Å². The molecule has 2 rings (SSSR count). The first-order chi connectivity index (χ1) is 9.17. The lowest BCUT2D eigenvalue weighted by molar-refractivity contribution is 0.520. The van der Waals surface area contributed by atoms with E-state index in [0.717, 1.165) is 22.0 Å². The van der Waals surface area contributed by atoms with Crippen LogP contribution in [0.15, 0.2) is 47.2 Å². The third-order valence-corrected chi connectivity index (χ3v) is 3.33. The second kappa shape index (κ2) is 6.75. The van der Waals surface area contributed by atoms with Gasteiger partial charge in [-0.3, -0.25) is 16.3 Å². The summed E-state index contributed by atoms with van der Waals surface area (Å²) in [5.74, 6) is 5.33. The van der Waals surface area contributed by atoms with Crippen LogP contribution in [0.4, 0.5) is 4.39 Å². The van der Waals surface area contributed by atoms with E-state index in [2.05, 4.69) is 26.3 Å². The van der Waals surface area contributed by atoms with E-state index in [-0.39, 0.29) is 11.9 Å². The summed E-state index contributed by atoms with van der Waals surface area (Å²) in [5, 5.41) is 0. The molecule has 1 aromatic heterocycles. The van der Waals surface area contributed by atoms with E-state index in [1.807, 2.05) is 18.2 Å². The van der Waals surface area contributed by atoms with Gasteiger partial charge >= 0.3 is 0 Å². The summed E-state index contributed by atoms with van der Waals surface area (Å²) in [7, 11) is 0. The zero-order valence-corrected chi connectivity index (χ0v) is 11.9. The summed E-state index contributed by atoms with van der Waals surface area (Å²) in [6, 6.07) is 8.83. The van der Waals surface area contributed by atoms with Crippen LogP contribution >= 0.6 is 15.9 Å². The smallest absolute Gasteiger partial charge is 0.124 e. The van der Waals surface area contributed by atoms with Crippen molar-refractivity contribution >= 4 is 15.9 Å². The Morgan fingerprint density at radius 2 is 1.84 bits per heavy atom. The Morgan fingerprint density at radius 1 is 1.16 bits per heavy atom. The Labute approximate surface area is 120 Å². The first-order valence-corrected chi connectivity index (χ1v) is 6.76. The fourth-order valence-corrected chi connectivity index (χ4v) is 2.52. The molecule has 0 saturated heterocycles. The normalized spacial score (nSPS) is 12.4. The maximum Gasteiger partial charge on any atom is 0.124 e. The number of nitrogens with two attached hydrogens (primary N) is 1. The Kier molecular flexibility index (Phi) is 5.01. The minimum absolute atomic E-state index is 0.0519. The van der Waals surface area contributed by atoms with Crippen molar-refractivity contribution in [3.05, 3.63) is 64.1 Å². The molecule has 5 heteroatoms. The van der Waals surface area contributed by atoms with E-state index < -0.39 is 0 Å². The highest BCUT2D eigenvalue weighted by molar-refractivity contribution is 9.10. The molecule has 1 atom stereocenters. The number of rotatable bonds is 5. The number of halogens is 2. The minimum Gasteiger partial charge on any atom is -0.271 e. The SMILES string of the molecule is NNC(Cc1ccncc1)Cc1cc(F)cc(Br)c1. The highest BCUT2D eigenvalue weighted by Gasteiger charge is 2.10. The Hall–Kier alpha value is -1.30. The topological polar surface area (TPSA) is 50.9 Å². The molecular weight excluding hydrogens is 309 g/mol. The summed E-state index contributed by atoms with van der Waals surface area (Å²) in [4.78, 5) is 3.98. The van der Waals surface area contributed by atoms with Gasteiger partial charge in [0.25, 0.3) is 0 Å². The number of hydrogen-bond donors (Lipinski definition) is 2. The van der Waals surface area contributed by atoms with Gasteiger partial charge in [-0.25, -0.2) is 4.39 Å². The first-order valence-electron chi connectivity index (χ1n) is 5.97. The average molecular weight is 324 g/mol. The zero-order valence-electron chi connectivity index (χ0n) is 10.3. The van der Waals surface area contributed by atoms with E-state index in [9.17, 15) is 4.39 Å². The van der Waals surface area contributed by atoms with Gasteiger partial charge in [-0.1, -0.05) is 15.9 Å². The lowest BCUT2D eigenvalue weighted by Gasteiger charge is -2.16. The van der Waals surface area contributed by atoms with E-state index in [0.29, 0.717) is 6.42 Å². The predicted octanol–water partition coefficient (Wildman–Crippen LogP) is 2.60. The quantitative estimate of drug-likeness (QED) is 0.657. The van der Waals surface area contributed by atoms with Crippen LogP contribution in [0.5, 0.6) is 0 Å². The van der Waals surface area contributed by atoms with E-state index in [1.54, 1.807) is 12.4 Å². The molecule has 100 valence electrons. The average Bonchev–Trinajstić information content (AvgIpc) is 2.38. The summed E-state index contributed by atoms with van der Waals surface area (Å²) in [6.45, 7) is 0. The van der Waals surface area contributed by atoms with Crippen LogP contribution in [0.1, 0.15) is 11.1 Å². The van der Waals surface area contributed by atoms with Crippen LogP contribution < -0.4 is 11.3 Å². The van der Waals surface area contributed by atoms with Crippen LogP contribution in [-0.2, 0) is 12.8 Å². The van der Waals surface area contributed by atoms with Crippen molar-refractivity contribution in [3.8, 4) is 0 Å². The molecule has 3 N–H and O–H groups in total.